The molecule has 684 valence electrons. The van der Waals surface area contributed by atoms with Crippen molar-refractivity contribution in [3.63, 3.8) is 0 Å². The number of aliphatic hydroxyl groups excluding tert-OH is 1. The highest BCUT2D eigenvalue weighted by Crippen LogP contribution is 2.28. The number of phenolic OH excluding ortho intramolecular Hbond substituents is 1. The Kier molecular flexibility index (Phi) is 49.5. The lowest BCUT2D eigenvalue weighted by molar-refractivity contribution is -0.143. The summed E-state index contributed by atoms with van der Waals surface area (Å²) in [6.45, 7) is 10.4. The fraction of sp³-hybridized carbons (Fsp3) is 0.697. The molecule has 0 spiro atoms. The Hall–Kier alpha value is -9.93. The van der Waals surface area contributed by atoms with E-state index in [-0.39, 0.29) is 145 Å². The Bertz CT molecular complexity index is 3610. The van der Waals surface area contributed by atoms with E-state index in [9.17, 15) is 87.2 Å². The molecule has 45 heteroatoms. The molecule has 1 aliphatic carbocycles. The molecule has 36 N–H and O–H groups in total. The number of hydrogen-bond donors (Lipinski definition) is 28. The summed E-state index contributed by atoms with van der Waals surface area (Å²) < 4.78 is -1.52. The number of thiol groups is 2. The molecule has 121 heavy (non-hydrogen) atoms. The van der Waals surface area contributed by atoms with E-state index in [2.05, 4.69) is 104 Å². The van der Waals surface area contributed by atoms with Crippen molar-refractivity contribution in [2.45, 2.75) is 272 Å². The van der Waals surface area contributed by atoms with E-state index in [1.165, 1.54) is 38.1 Å². The molecular formula is C76H135N25O18S2. The van der Waals surface area contributed by atoms with E-state index in [1.807, 2.05) is 6.92 Å². The van der Waals surface area contributed by atoms with E-state index in [1.54, 1.807) is 20.8 Å². The number of carboxylic acid groups (broad SMARTS) is 1. The Labute approximate surface area is 716 Å². The van der Waals surface area contributed by atoms with Crippen LogP contribution in [-0.4, -0.2) is 256 Å². The number of hydrogen-bond acceptors (Lipinski definition) is 26. The third-order valence-electron chi connectivity index (χ3n) is 20.4. The SMILES string of the molecule is CC[C@H](C)[C@H](N)C(=O)N[C@H](C(=O)N[C@@H](Cc1ccc(O)cc1)C(=O)N[C@H](C(=O)N[C@@H](CC(N)=O)C(=O)N[C@@H](CCCN=C(N)N)C(=O)N[C@@H](CCN)C(=O)N[C@H](C(=O)N[C@H](CCN)C(=O)N[C@@H](CCCCN)C(=O)N[C@@H](CS)C(=O)N[C@@H](CCN)C(=O)N[C@@H](CCCN=C(N)N)C(=O)N[C@@H](CC1CCCCC1)C(=O)O)[C@@H](C)O)C(C)(C)S)[C@@H](C)CC. The van der Waals surface area contributed by atoms with Gasteiger partial charge >= 0.3 is 5.97 Å². The molecule has 14 amide bonds. The zero-order valence-electron chi connectivity index (χ0n) is 70.3. The van der Waals surface area contributed by atoms with Crippen molar-refractivity contribution in [1.82, 2.24) is 69.1 Å². The van der Waals surface area contributed by atoms with Gasteiger partial charge < -0.3 is 142 Å². The number of primary amides is 1. The van der Waals surface area contributed by atoms with Gasteiger partial charge in [-0.15, -0.1) is 0 Å². The first-order valence-electron chi connectivity index (χ1n) is 40.9. The third kappa shape index (κ3) is 39.6. The highest BCUT2D eigenvalue weighted by molar-refractivity contribution is 7.81. The second-order valence-corrected chi connectivity index (χ2v) is 32.5. The second kappa shape index (κ2) is 55.9. The zero-order valence-corrected chi connectivity index (χ0v) is 72.1. The van der Waals surface area contributed by atoms with Gasteiger partial charge in [-0.25, -0.2) is 4.79 Å². The van der Waals surface area contributed by atoms with E-state index in [4.69, 9.17) is 57.3 Å². The first-order chi connectivity index (χ1) is 57.0. The number of carboxylic acids is 1. The highest BCUT2D eigenvalue weighted by Gasteiger charge is 2.42. The minimum absolute atomic E-state index is 0.0395. The van der Waals surface area contributed by atoms with Crippen LogP contribution in [0.25, 0.3) is 0 Å². The topological polar surface area (TPSA) is 758 Å². The van der Waals surface area contributed by atoms with Gasteiger partial charge in [0.1, 0.15) is 84.3 Å². The van der Waals surface area contributed by atoms with E-state index < -0.39 is 196 Å². The van der Waals surface area contributed by atoms with Crippen LogP contribution in [0.15, 0.2) is 34.3 Å². The molecule has 1 saturated carbocycles. The number of amides is 14. The minimum Gasteiger partial charge on any atom is -0.508 e. The molecule has 17 atom stereocenters. The number of nitrogens with two attached hydrogens (primary N) is 10. The number of carbonyl (C=O) groups excluding carboxylic acids is 14. The molecule has 0 aromatic heterocycles. The van der Waals surface area contributed by atoms with Crippen LogP contribution in [0.5, 0.6) is 5.75 Å². The third-order valence-corrected chi connectivity index (χ3v) is 21.1. The number of nitrogens with zero attached hydrogens (tertiary/aromatic N) is 2. The zero-order chi connectivity index (χ0) is 91.4. The predicted octanol–water partition coefficient (Wildman–Crippen LogP) is -7.11. The molecular weight excluding hydrogens is 1620 g/mol. The van der Waals surface area contributed by atoms with Crippen LogP contribution < -0.4 is 126 Å². The number of aliphatic imine (C=N–C) groups is 2. The quantitative estimate of drug-likeness (QED) is 0.0125. The number of aliphatic hydroxyl groups is 1. The van der Waals surface area contributed by atoms with Gasteiger partial charge in [0, 0.05) is 30.0 Å². The lowest BCUT2D eigenvalue weighted by Gasteiger charge is -2.33. The van der Waals surface area contributed by atoms with Crippen molar-refractivity contribution in [2.75, 3.05) is 45.0 Å². The lowest BCUT2D eigenvalue weighted by Crippen LogP contribution is -2.64. The largest absolute Gasteiger partial charge is 0.508 e. The number of aromatic hydroxyl groups is 1. The van der Waals surface area contributed by atoms with Crippen LogP contribution in [0.1, 0.15) is 176 Å². The molecule has 2 rings (SSSR count). The summed E-state index contributed by atoms with van der Waals surface area (Å²) in [6.07, 6.45) is 1.89. The minimum atomic E-state index is -1.92. The molecule has 1 aromatic rings. The monoisotopic (exact) mass is 1750 g/mol. The van der Waals surface area contributed by atoms with Crippen LogP contribution >= 0.6 is 25.3 Å². The van der Waals surface area contributed by atoms with Crippen LogP contribution in [-0.2, 0) is 78.3 Å². The van der Waals surface area contributed by atoms with Crippen LogP contribution in [0.2, 0.25) is 0 Å². The van der Waals surface area contributed by atoms with Crippen molar-refractivity contribution in [2.24, 2.45) is 85.1 Å². The molecule has 0 radical (unpaired) electrons. The van der Waals surface area contributed by atoms with Gasteiger partial charge in [0.15, 0.2) is 11.9 Å². The van der Waals surface area contributed by atoms with Gasteiger partial charge in [0.05, 0.1) is 18.6 Å². The molecule has 0 aliphatic heterocycles. The number of nitrogens with one attached hydrogen (secondary N) is 13. The van der Waals surface area contributed by atoms with Gasteiger partial charge in [0.25, 0.3) is 0 Å². The lowest BCUT2D eigenvalue weighted by atomic mass is 9.84. The smallest absolute Gasteiger partial charge is 0.326 e. The van der Waals surface area contributed by atoms with Gasteiger partial charge in [-0.05, 0) is 153 Å². The molecule has 1 aliphatic rings. The molecule has 43 nitrogen and oxygen atoms in total. The normalized spacial score (nSPS) is 16.4. The summed E-state index contributed by atoms with van der Waals surface area (Å²) in [4.78, 5) is 218. The maximum Gasteiger partial charge on any atom is 0.326 e. The Morgan fingerprint density at radius 2 is 0.826 bits per heavy atom. The summed E-state index contributed by atoms with van der Waals surface area (Å²) in [5.41, 5.74) is 58.0. The first-order valence-corrected chi connectivity index (χ1v) is 42.0. The number of benzene rings is 1. The van der Waals surface area contributed by atoms with E-state index in [0.717, 1.165) is 39.0 Å². The van der Waals surface area contributed by atoms with Gasteiger partial charge in [-0.3, -0.25) is 77.1 Å². The second-order valence-electron chi connectivity index (χ2n) is 30.9. The maximum absolute atomic E-state index is 14.6. The number of guanidine groups is 2. The van der Waals surface area contributed by atoms with Gasteiger partial charge in [-0.2, -0.15) is 25.3 Å². The average Bonchev–Trinajstić information content (AvgIpc) is 0.828. The van der Waals surface area contributed by atoms with Crippen LogP contribution in [0.4, 0.5) is 0 Å². The van der Waals surface area contributed by atoms with Crippen LogP contribution in [0.3, 0.4) is 0 Å². The number of phenols is 1. The van der Waals surface area contributed by atoms with Crippen molar-refractivity contribution in [3.8, 4) is 5.75 Å². The molecule has 0 saturated heterocycles. The Morgan fingerprint density at radius 1 is 0.455 bits per heavy atom. The fourth-order valence-electron chi connectivity index (χ4n) is 12.9. The van der Waals surface area contributed by atoms with Gasteiger partial charge in [0.2, 0.25) is 82.7 Å². The predicted molar refractivity (Wildman–Crippen MR) is 459 cm³/mol. The van der Waals surface area contributed by atoms with E-state index in [0.29, 0.717) is 24.8 Å². The van der Waals surface area contributed by atoms with Gasteiger partial charge in [-0.1, -0.05) is 84.8 Å². The summed E-state index contributed by atoms with van der Waals surface area (Å²) >= 11 is 8.90. The fourth-order valence-corrected chi connectivity index (χ4v) is 13.3. The molecule has 1 aromatic carbocycles. The summed E-state index contributed by atoms with van der Waals surface area (Å²) in [5.74, 6) is -17.0. The number of carbonyl (C=O) groups is 15. The standard InChI is InChI=1S/C76H135N25O18S2/c1-8-39(3)56(82)69(114)99-57(40(4)9-2)70(115)95-51(35-43-22-24-44(103)25-23-43)67(112)101-59(76(6,7)121)72(117)96-52(37-55(81)104)66(111)91-46(20-15-33-87-74(83)84)60(105)92-50(28-32-80)65(110)100-58(41(5)102)71(116)94-49(27-31-79)64(109)89-45(19-13-14-29-77)62(107)98-54(38-120)68(113)93-48(26-30-78)63(108)90-47(21-16-34-88-75(85)86)61(106)97-53(73(118)119)36-42-17-11-10-12-18-42/h22-25,39-42,45-54,56-59,102-103,120-121H,8-21,26-38,77-80,82H2,1-7H3,(H2,81,104)(H,89,109)(H,90,108)(H,91,111)(H,92,105)(H,93,113)(H,94,116)(H,95,115)(H,96,117)(H,97,106)(H,98,107)(H,99,114)(H,100,110)(H,101,112)(H,118,119)(H4,83,84,87)(H4,85,86,88)/t39-,40-,41+,45-,46-,47-,48-,49+,50-,51-,52-,53-,54-,56-,57-,58-,59+/m0/s1. The Balaban J connectivity index is 2.49. The van der Waals surface area contributed by atoms with Crippen molar-refractivity contribution >= 4 is 126 Å². The molecule has 1 fully saturated rings. The highest BCUT2D eigenvalue weighted by atomic mass is 32.1. The molecule has 0 unspecified atom stereocenters. The molecule has 0 bridgehead atoms. The average molecular weight is 1750 g/mol. The van der Waals surface area contributed by atoms with Crippen molar-refractivity contribution in [1.29, 1.82) is 0 Å². The van der Waals surface area contributed by atoms with Crippen LogP contribution in [0, 0.1) is 17.8 Å². The Morgan fingerprint density at radius 3 is 1.23 bits per heavy atom. The maximum atomic E-state index is 14.6. The first kappa shape index (κ1) is 107. The summed E-state index contributed by atoms with van der Waals surface area (Å²) in [7, 11) is 0. The molecule has 0 heterocycles. The van der Waals surface area contributed by atoms with E-state index >= 15 is 0 Å². The summed E-state index contributed by atoms with van der Waals surface area (Å²) in [5, 5.41) is 64.1. The van der Waals surface area contributed by atoms with Crippen molar-refractivity contribution in [3.05, 3.63) is 29.8 Å². The number of unbranched alkanes of at least 4 members (excludes halogenated alkanes) is 1. The number of aliphatic carboxylic acids is 1. The number of rotatable bonds is 58. The van der Waals surface area contributed by atoms with Crippen molar-refractivity contribution < 1.29 is 87.2 Å². The summed E-state index contributed by atoms with van der Waals surface area (Å²) in [6, 6.07) is -15.6.